The maximum atomic E-state index is 12.2. The Balaban J connectivity index is 2.20. The van der Waals surface area contributed by atoms with Gasteiger partial charge in [-0.25, -0.2) is 0 Å². The molecule has 1 unspecified atom stereocenters. The molecule has 0 aliphatic heterocycles. The van der Waals surface area contributed by atoms with Crippen LogP contribution in [0.1, 0.15) is 29.3 Å². The quantitative estimate of drug-likeness (QED) is 0.902. The highest BCUT2D eigenvalue weighted by Gasteiger charge is 2.18. The van der Waals surface area contributed by atoms with Crippen LogP contribution in [0.25, 0.3) is 0 Å². The summed E-state index contributed by atoms with van der Waals surface area (Å²) in [4.78, 5) is 13.7. The zero-order valence-corrected chi connectivity index (χ0v) is 10.5. The smallest absolute Gasteiger partial charge is 0.293 e. The number of benzene rings is 1. The van der Waals surface area contributed by atoms with E-state index in [-0.39, 0.29) is 11.9 Å². The molecule has 2 aromatic rings. The topological polar surface area (TPSA) is 59.5 Å². The fraction of sp³-hybridized carbons (Fsp3) is 0.214. The minimum atomic E-state index is -0.214. The number of amides is 1. The number of carbonyl (C=O) groups is 1. The molecule has 4 nitrogen and oxygen atoms in total. The maximum Gasteiger partial charge on any atom is 0.293 e. The average Bonchev–Trinajstić information content (AvgIpc) is 2.88. The summed E-state index contributed by atoms with van der Waals surface area (Å²) in [6, 6.07) is 12.6. The first-order valence-electron chi connectivity index (χ1n) is 5.78. The van der Waals surface area contributed by atoms with Gasteiger partial charge in [-0.2, -0.15) is 0 Å². The van der Waals surface area contributed by atoms with E-state index < -0.39 is 0 Å². The number of nitrogens with two attached hydrogens (primary N) is 1. The SMILES string of the molecule is CC(N)c1ccc(C(=O)N(C)c2ccccc2)o1. The van der Waals surface area contributed by atoms with Crippen LogP contribution >= 0.6 is 0 Å². The average molecular weight is 244 g/mol. The molecule has 1 heterocycles. The lowest BCUT2D eigenvalue weighted by Crippen LogP contribution is -2.25. The van der Waals surface area contributed by atoms with Gasteiger partial charge in [-0.15, -0.1) is 0 Å². The number of hydrogen-bond acceptors (Lipinski definition) is 3. The molecule has 1 amide bonds. The molecule has 18 heavy (non-hydrogen) atoms. The lowest BCUT2D eigenvalue weighted by Gasteiger charge is -2.15. The summed E-state index contributed by atoms with van der Waals surface area (Å²) in [6.07, 6.45) is 0. The van der Waals surface area contributed by atoms with E-state index in [1.165, 1.54) is 0 Å². The number of hydrogen-bond donors (Lipinski definition) is 1. The molecular weight excluding hydrogens is 228 g/mol. The van der Waals surface area contributed by atoms with Gasteiger partial charge in [0.1, 0.15) is 5.76 Å². The van der Waals surface area contributed by atoms with Crippen molar-refractivity contribution >= 4 is 11.6 Å². The van der Waals surface area contributed by atoms with Crippen molar-refractivity contribution in [2.75, 3.05) is 11.9 Å². The summed E-state index contributed by atoms with van der Waals surface area (Å²) in [5.74, 6) is 0.724. The normalized spacial score (nSPS) is 12.2. The van der Waals surface area contributed by atoms with Gasteiger partial charge in [0, 0.05) is 12.7 Å². The lowest BCUT2D eigenvalue weighted by molar-refractivity contribution is 0.0964. The summed E-state index contributed by atoms with van der Waals surface area (Å²) in [6.45, 7) is 1.81. The Morgan fingerprint density at radius 3 is 2.44 bits per heavy atom. The molecule has 0 spiro atoms. The number of anilines is 1. The predicted molar refractivity (Wildman–Crippen MR) is 70.5 cm³/mol. The fourth-order valence-electron chi connectivity index (χ4n) is 1.65. The molecule has 1 aromatic carbocycles. The standard InChI is InChI=1S/C14H16N2O2/c1-10(15)12-8-9-13(18-12)14(17)16(2)11-6-4-3-5-7-11/h3-10H,15H2,1-2H3. The van der Waals surface area contributed by atoms with Crippen LogP contribution in [0.3, 0.4) is 0 Å². The van der Waals surface area contributed by atoms with Crippen LogP contribution in [0.5, 0.6) is 0 Å². The summed E-state index contributed by atoms with van der Waals surface area (Å²) in [5.41, 5.74) is 6.52. The number of carbonyl (C=O) groups excluding carboxylic acids is 1. The fourth-order valence-corrected chi connectivity index (χ4v) is 1.65. The van der Waals surface area contributed by atoms with Crippen molar-refractivity contribution in [2.24, 2.45) is 5.73 Å². The van der Waals surface area contributed by atoms with E-state index in [2.05, 4.69) is 0 Å². The van der Waals surface area contributed by atoms with Crippen molar-refractivity contribution in [1.29, 1.82) is 0 Å². The Morgan fingerprint density at radius 2 is 1.89 bits per heavy atom. The molecule has 4 heteroatoms. The first kappa shape index (κ1) is 12.4. The van der Waals surface area contributed by atoms with Crippen molar-refractivity contribution in [3.63, 3.8) is 0 Å². The highest BCUT2D eigenvalue weighted by molar-refractivity contribution is 6.03. The van der Waals surface area contributed by atoms with Crippen molar-refractivity contribution in [3.8, 4) is 0 Å². The summed E-state index contributed by atoms with van der Waals surface area (Å²) in [7, 11) is 1.71. The van der Waals surface area contributed by atoms with Gasteiger partial charge < -0.3 is 15.1 Å². The second-order valence-corrected chi connectivity index (χ2v) is 4.19. The molecule has 0 saturated heterocycles. The molecule has 0 radical (unpaired) electrons. The molecular formula is C14H16N2O2. The van der Waals surface area contributed by atoms with Crippen molar-refractivity contribution < 1.29 is 9.21 Å². The highest BCUT2D eigenvalue weighted by Crippen LogP contribution is 2.18. The van der Waals surface area contributed by atoms with Crippen LogP contribution in [0.2, 0.25) is 0 Å². The number of rotatable bonds is 3. The van der Waals surface area contributed by atoms with E-state index in [1.54, 1.807) is 24.1 Å². The third-order valence-electron chi connectivity index (χ3n) is 2.73. The Kier molecular flexibility index (Phi) is 3.48. The van der Waals surface area contributed by atoms with Crippen LogP contribution < -0.4 is 10.6 Å². The number of para-hydroxylation sites is 1. The van der Waals surface area contributed by atoms with Crippen LogP contribution in [0, 0.1) is 0 Å². The van der Waals surface area contributed by atoms with Gasteiger partial charge in [-0.1, -0.05) is 18.2 Å². The minimum absolute atomic E-state index is 0.187. The Hall–Kier alpha value is -2.07. The molecule has 2 rings (SSSR count). The second-order valence-electron chi connectivity index (χ2n) is 4.19. The molecule has 0 aliphatic rings. The zero-order chi connectivity index (χ0) is 13.1. The van der Waals surface area contributed by atoms with E-state index in [0.29, 0.717) is 11.5 Å². The molecule has 1 atom stereocenters. The molecule has 94 valence electrons. The molecule has 0 saturated carbocycles. The summed E-state index contributed by atoms with van der Waals surface area (Å²) >= 11 is 0. The first-order valence-corrected chi connectivity index (χ1v) is 5.78. The van der Waals surface area contributed by atoms with Gasteiger partial charge >= 0.3 is 0 Å². The maximum absolute atomic E-state index is 12.2. The first-order chi connectivity index (χ1) is 8.59. The summed E-state index contributed by atoms with van der Waals surface area (Å²) < 4.78 is 5.43. The second kappa shape index (κ2) is 5.06. The van der Waals surface area contributed by atoms with Crippen LogP contribution in [0.15, 0.2) is 46.9 Å². The third kappa shape index (κ3) is 2.43. The lowest BCUT2D eigenvalue weighted by atomic mass is 10.2. The molecule has 0 aliphatic carbocycles. The Labute approximate surface area is 106 Å². The van der Waals surface area contributed by atoms with E-state index in [4.69, 9.17) is 10.2 Å². The largest absolute Gasteiger partial charge is 0.454 e. The monoisotopic (exact) mass is 244 g/mol. The van der Waals surface area contributed by atoms with Crippen LogP contribution in [0.4, 0.5) is 5.69 Å². The Morgan fingerprint density at radius 1 is 1.22 bits per heavy atom. The van der Waals surface area contributed by atoms with Crippen molar-refractivity contribution in [2.45, 2.75) is 13.0 Å². The zero-order valence-electron chi connectivity index (χ0n) is 10.5. The van der Waals surface area contributed by atoms with E-state index in [1.807, 2.05) is 37.3 Å². The van der Waals surface area contributed by atoms with Gasteiger partial charge in [0.25, 0.3) is 5.91 Å². The van der Waals surface area contributed by atoms with Crippen molar-refractivity contribution in [1.82, 2.24) is 0 Å². The molecule has 0 bridgehead atoms. The third-order valence-corrected chi connectivity index (χ3v) is 2.73. The van der Waals surface area contributed by atoms with Gasteiger partial charge in [-0.3, -0.25) is 4.79 Å². The summed E-state index contributed by atoms with van der Waals surface area (Å²) in [5, 5.41) is 0. The molecule has 1 aromatic heterocycles. The minimum Gasteiger partial charge on any atom is -0.454 e. The van der Waals surface area contributed by atoms with Gasteiger partial charge in [0.15, 0.2) is 5.76 Å². The molecule has 2 N–H and O–H groups in total. The van der Waals surface area contributed by atoms with Crippen LogP contribution in [-0.4, -0.2) is 13.0 Å². The van der Waals surface area contributed by atoms with Gasteiger partial charge in [-0.05, 0) is 31.2 Å². The van der Waals surface area contributed by atoms with E-state index in [0.717, 1.165) is 5.69 Å². The van der Waals surface area contributed by atoms with Gasteiger partial charge in [0.2, 0.25) is 0 Å². The van der Waals surface area contributed by atoms with Crippen molar-refractivity contribution in [3.05, 3.63) is 54.0 Å². The number of furan rings is 1. The van der Waals surface area contributed by atoms with E-state index >= 15 is 0 Å². The van der Waals surface area contributed by atoms with Gasteiger partial charge in [0.05, 0.1) is 6.04 Å². The van der Waals surface area contributed by atoms with Crippen LogP contribution in [-0.2, 0) is 0 Å². The highest BCUT2D eigenvalue weighted by atomic mass is 16.4. The number of nitrogens with zero attached hydrogens (tertiary/aromatic N) is 1. The van der Waals surface area contributed by atoms with E-state index in [9.17, 15) is 4.79 Å². The predicted octanol–water partition coefficient (Wildman–Crippen LogP) is 2.58. The Bertz CT molecular complexity index is 532. The molecule has 0 fully saturated rings.